The Hall–Kier alpha value is 0.210. The van der Waals surface area contributed by atoms with Gasteiger partial charge in [0, 0.05) is 18.0 Å². The van der Waals surface area contributed by atoms with Crippen LogP contribution in [0.25, 0.3) is 0 Å². The standard InChI is InChI=1S/C8H17ClN2/c9-7-5-8(11-6-7)3-1-2-4-10/h7-8,11H,1-6,10H2. The molecule has 0 spiro atoms. The average Bonchev–Trinajstić information content (AvgIpc) is 2.37. The monoisotopic (exact) mass is 176 g/mol. The van der Waals surface area contributed by atoms with E-state index in [9.17, 15) is 0 Å². The summed E-state index contributed by atoms with van der Waals surface area (Å²) >= 11 is 5.93. The molecule has 1 aliphatic heterocycles. The van der Waals surface area contributed by atoms with Crippen molar-refractivity contribution in [1.29, 1.82) is 0 Å². The van der Waals surface area contributed by atoms with Crippen LogP contribution in [0.1, 0.15) is 25.7 Å². The molecule has 0 aromatic rings. The Morgan fingerprint density at radius 3 is 2.82 bits per heavy atom. The molecule has 1 aliphatic rings. The molecule has 0 aromatic heterocycles. The minimum absolute atomic E-state index is 0.359. The van der Waals surface area contributed by atoms with Crippen LogP contribution in [0, 0.1) is 0 Å². The molecule has 2 atom stereocenters. The predicted octanol–water partition coefficient (Wildman–Crippen LogP) is 1.08. The first-order valence-electron chi connectivity index (χ1n) is 4.40. The van der Waals surface area contributed by atoms with Gasteiger partial charge in [-0.15, -0.1) is 11.6 Å². The predicted molar refractivity (Wildman–Crippen MR) is 49.0 cm³/mol. The van der Waals surface area contributed by atoms with E-state index in [4.69, 9.17) is 17.3 Å². The third-order valence-corrected chi connectivity index (χ3v) is 2.51. The molecular weight excluding hydrogens is 160 g/mol. The maximum absolute atomic E-state index is 5.93. The van der Waals surface area contributed by atoms with Crippen molar-refractivity contribution >= 4 is 11.6 Å². The summed E-state index contributed by atoms with van der Waals surface area (Å²) in [6.07, 6.45) is 4.75. The summed E-state index contributed by atoms with van der Waals surface area (Å²) in [7, 11) is 0. The molecule has 66 valence electrons. The maximum atomic E-state index is 5.93. The second-order valence-electron chi connectivity index (χ2n) is 3.22. The van der Waals surface area contributed by atoms with Crippen molar-refractivity contribution in [2.24, 2.45) is 5.73 Å². The van der Waals surface area contributed by atoms with Gasteiger partial charge in [0.2, 0.25) is 0 Å². The highest BCUT2D eigenvalue weighted by Gasteiger charge is 2.20. The fraction of sp³-hybridized carbons (Fsp3) is 1.00. The summed E-state index contributed by atoms with van der Waals surface area (Å²) in [5.41, 5.74) is 5.39. The zero-order valence-electron chi connectivity index (χ0n) is 6.85. The lowest BCUT2D eigenvalue weighted by atomic mass is 10.1. The number of halogens is 1. The van der Waals surface area contributed by atoms with Crippen LogP contribution in [0.3, 0.4) is 0 Å². The Kier molecular flexibility index (Phi) is 4.20. The van der Waals surface area contributed by atoms with Crippen LogP contribution in [0.15, 0.2) is 0 Å². The van der Waals surface area contributed by atoms with Crippen LogP contribution in [0.5, 0.6) is 0 Å². The van der Waals surface area contributed by atoms with E-state index in [0.717, 1.165) is 25.9 Å². The van der Waals surface area contributed by atoms with Crippen molar-refractivity contribution < 1.29 is 0 Å². The lowest BCUT2D eigenvalue weighted by Crippen LogP contribution is -2.21. The van der Waals surface area contributed by atoms with Crippen molar-refractivity contribution in [2.45, 2.75) is 37.1 Å². The summed E-state index contributed by atoms with van der Waals surface area (Å²) < 4.78 is 0. The zero-order valence-corrected chi connectivity index (χ0v) is 7.61. The van der Waals surface area contributed by atoms with Crippen LogP contribution in [0.4, 0.5) is 0 Å². The number of rotatable bonds is 4. The van der Waals surface area contributed by atoms with Gasteiger partial charge in [-0.1, -0.05) is 6.42 Å². The summed E-state index contributed by atoms with van der Waals surface area (Å²) in [5.74, 6) is 0. The van der Waals surface area contributed by atoms with E-state index in [1.165, 1.54) is 12.8 Å². The molecule has 0 aliphatic carbocycles. The van der Waals surface area contributed by atoms with Crippen LogP contribution < -0.4 is 11.1 Å². The minimum atomic E-state index is 0.359. The van der Waals surface area contributed by atoms with Crippen LogP contribution in [-0.2, 0) is 0 Å². The molecule has 0 aromatic carbocycles. The van der Waals surface area contributed by atoms with Gasteiger partial charge in [0.15, 0.2) is 0 Å². The van der Waals surface area contributed by atoms with Gasteiger partial charge in [-0.3, -0.25) is 0 Å². The molecule has 3 heteroatoms. The van der Waals surface area contributed by atoms with Gasteiger partial charge in [0.25, 0.3) is 0 Å². The second kappa shape index (κ2) is 4.96. The van der Waals surface area contributed by atoms with Gasteiger partial charge in [-0.2, -0.15) is 0 Å². The van der Waals surface area contributed by atoms with Crippen molar-refractivity contribution in [1.82, 2.24) is 5.32 Å². The molecule has 2 nitrogen and oxygen atoms in total. The molecule has 0 saturated carbocycles. The molecule has 1 rings (SSSR count). The highest BCUT2D eigenvalue weighted by atomic mass is 35.5. The van der Waals surface area contributed by atoms with Gasteiger partial charge >= 0.3 is 0 Å². The molecule has 1 saturated heterocycles. The Bertz CT molecular complexity index is 108. The molecule has 1 heterocycles. The third kappa shape index (κ3) is 3.41. The van der Waals surface area contributed by atoms with E-state index >= 15 is 0 Å². The number of hydrogen-bond acceptors (Lipinski definition) is 2. The molecule has 0 bridgehead atoms. The Morgan fingerprint density at radius 2 is 2.27 bits per heavy atom. The normalized spacial score (nSPS) is 31.1. The van der Waals surface area contributed by atoms with E-state index < -0.39 is 0 Å². The number of hydrogen-bond donors (Lipinski definition) is 2. The van der Waals surface area contributed by atoms with E-state index in [0.29, 0.717) is 11.4 Å². The van der Waals surface area contributed by atoms with Crippen molar-refractivity contribution in [3.05, 3.63) is 0 Å². The maximum Gasteiger partial charge on any atom is 0.0475 e. The summed E-state index contributed by atoms with van der Waals surface area (Å²) in [6.45, 7) is 1.80. The smallest absolute Gasteiger partial charge is 0.0475 e. The van der Waals surface area contributed by atoms with Gasteiger partial charge in [0.05, 0.1) is 0 Å². The van der Waals surface area contributed by atoms with Gasteiger partial charge < -0.3 is 11.1 Å². The number of nitrogens with one attached hydrogen (secondary N) is 1. The Labute approximate surface area is 73.5 Å². The van der Waals surface area contributed by atoms with E-state index in [-0.39, 0.29) is 0 Å². The Balaban J connectivity index is 1.99. The highest BCUT2D eigenvalue weighted by Crippen LogP contribution is 2.16. The lowest BCUT2D eigenvalue weighted by Gasteiger charge is -2.07. The molecule has 1 fully saturated rings. The summed E-state index contributed by atoms with van der Waals surface area (Å²) in [4.78, 5) is 0. The molecule has 11 heavy (non-hydrogen) atoms. The third-order valence-electron chi connectivity index (χ3n) is 2.17. The molecule has 0 radical (unpaired) electrons. The molecular formula is C8H17ClN2. The minimum Gasteiger partial charge on any atom is -0.330 e. The fourth-order valence-electron chi connectivity index (χ4n) is 1.52. The van der Waals surface area contributed by atoms with E-state index in [1.54, 1.807) is 0 Å². The summed E-state index contributed by atoms with van der Waals surface area (Å²) in [6, 6.07) is 0.657. The second-order valence-corrected chi connectivity index (χ2v) is 3.84. The highest BCUT2D eigenvalue weighted by molar-refractivity contribution is 6.21. The van der Waals surface area contributed by atoms with Gasteiger partial charge in [-0.05, 0) is 25.8 Å². The van der Waals surface area contributed by atoms with Crippen molar-refractivity contribution in [3.63, 3.8) is 0 Å². The largest absolute Gasteiger partial charge is 0.330 e. The van der Waals surface area contributed by atoms with Crippen molar-refractivity contribution in [2.75, 3.05) is 13.1 Å². The zero-order chi connectivity index (χ0) is 8.10. The van der Waals surface area contributed by atoms with Crippen molar-refractivity contribution in [3.8, 4) is 0 Å². The fourth-order valence-corrected chi connectivity index (χ4v) is 1.83. The number of unbranched alkanes of at least 4 members (excludes halogenated alkanes) is 1. The van der Waals surface area contributed by atoms with E-state index in [2.05, 4.69) is 5.32 Å². The first kappa shape index (κ1) is 9.30. The molecule has 0 amide bonds. The average molecular weight is 177 g/mol. The van der Waals surface area contributed by atoms with Crippen LogP contribution >= 0.6 is 11.6 Å². The SMILES string of the molecule is NCCCCC1CC(Cl)CN1. The van der Waals surface area contributed by atoms with Gasteiger partial charge in [-0.25, -0.2) is 0 Å². The Morgan fingerprint density at radius 1 is 1.45 bits per heavy atom. The summed E-state index contributed by atoms with van der Waals surface area (Å²) in [5, 5.41) is 3.75. The lowest BCUT2D eigenvalue weighted by molar-refractivity contribution is 0.526. The quantitative estimate of drug-likeness (QED) is 0.497. The van der Waals surface area contributed by atoms with Crippen LogP contribution in [-0.4, -0.2) is 24.5 Å². The first-order valence-corrected chi connectivity index (χ1v) is 4.84. The van der Waals surface area contributed by atoms with E-state index in [1.807, 2.05) is 0 Å². The topological polar surface area (TPSA) is 38.0 Å². The number of nitrogens with two attached hydrogens (primary N) is 1. The van der Waals surface area contributed by atoms with Gasteiger partial charge in [0.1, 0.15) is 0 Å². The number of alkyl halides is 1. The van der Waals surface area contributed by atoms with Crippen LogP contribution in [0.2, 0.25) is 0 Å². The molecule has 3 N–H and O–H groups in total. The first-order chi connectivity index (χ1) is 5.33. The molecule has 2 unspecified atom stereocenters.